The number of unbranched alkanes of at least 4 members (excludes halogenated alkanes) is 1. The van der Waals surface area contributed by atoms with Gasteiger partial charge < -0.3 is 33.2 Å². The standard InChI is InChI=1S/C23H19ClF3NO3.C19H30O5/c1-22(2)17(12-19(24)23(25,26)27)20(22)21(29)31-18(13-28)14-7-6-10-16(11-14)30-15-8-4-3-5-9-15;1-3-5-7-20-8-9-21-10-11-22-14-17-13-19-18(23-15-24-19)12-16(17)6-4-2/h3-12,17-18,20H,1-2H3;12-13H,3-11,14-15H2,1-2H3/b19-12-;. The smallest absolute Gasteiger partial charge is 0.426 e. The quantitative estimate of drug-likeness (QED) is 0.0867. The van der Waals surface area contributed by atoms with E-state index in [4.69, 9.17) is 44.8 Å². The maximum absolute atomic E-state index is 12.7. The molecular weight excluding hydrogens is 739 g/mol. The fourth-order valence-electron chi connectivity index (χ4n) is 5.95. The Morgan fingerprint density at radius 2 is 1.55 bits per heavy atom. The number of fused-ring (bicyclic) bond motifs is 1. The van der Waals surface area contributed by atoms with E-state index in [1.807, 2.05) is 30.3 Å². The topological polar surface area (TPSA) is 105 Å². The Balaban J connectivity index is 0.000000253. The molecule has 1 fully saturated rings. The molecule has 2 aliphatic rings. The van der Waals surface area contributed by atoms with Gasteiger partial charge in [-0.2, -0.15) is 18.4 Å². The van der Waals surface area contributed by atoms with Gasteiger partial charge in [0.1, 0.15) is 22.6 Å². The molecule has 3 aromatic carbocycles. The van der Waals surface area contributed by atoms with Gasteiger partial charge in [0.15, 0.2) is 11.5 Å². The number of alkyl halides is 3. The largest absolute Gasteiger partial charge is 0.457 e. The minimum absolute atomic E-state index is 0.305. The third kappa shape index (κ3) is 13.2. The van der Waals surface area contributed by atoms with Crippen LogP contribution in [0.5, 0.6) is 23.0 Å². The third-order valence-electron chi connectivity index (χ3n) is 9.11. The first kappa shape index (κ1) is 43.4. The van der Waals surface area contributed by atoms with Crippen molar-refractivity contribution in [2.24, 2.45) is 17.3 Å². The van der Waals surface area contributed by atoms with Crippen LogP contribution in [0.2, 0.25) is 0 Å². The molecule has 1 aliphatic heterocycles. The molecule has 9 nitrogen and oxygen atoms in total. The van der Waals surface area contributed by atoms with Crippen molar-refractivity contribution < 1.29 is 51.1 Å². The number of nitriles is 1. The lowest BCUT2D eigenvalue weighted by Gasteiger charge is -2.13. The Labute approximate surface area is 326 Å². The fourth-order valence-corrected chi connectivity index (χ4v) is 6.08. The van der Waals surface area contributed by atoms with Crippen LogP contribution in [0, 0.1) is 28.6 Å². The highest BCUT2D eigenvalue weighted by Gasteiger charge is 2.62. The zero-order valence-electron chi connectivity index (χ0n) is 31.7. The second-order valence-corrected chi connectivity index (χ2v) is 14.0. The van der Waals surface area contributed by atoms with Gasteiger partial charge in [-0.05, 0) is 71.7 Å². The molecule has 55 heavy (non-hydrogen) atoms. The molecule has 0 radical (unpaired) electrons. The monoisotopic (exact) mass is 787 g/mol. The van der Waals surface area contributed by atoms with Crippen LogP contribution in [0.4, 0.5) is 13.2 Å². The molecule has 5 rings (SSSR count). The molecule has 298 valence electrons. The number of aryl methyl sites for hydroxylation is 1. The molecule has 1 heterocycles. The van der Waals surface area contributed by atoms with Crippen LogP contribution in [0.1, 0.15) is 69.8 Å². The summed E-state index contributed by atoms with van der Waals surface area (Å²) in [5, 5.41) is 8.23. The number of ether oxygens (including phenoxy) is 7. The van der Waals surface area contributed by atoms with Crippen molar-refractivity contribution in [1.82, 2.24) is 0 Å². The van der Waals surface area contributed by atoms with Crippen LogP contribution in [0.25, 0.3) is 0 Å². The maximum atomic E-state index is 12.7. The van der Waals surface area contributed by atoms with Crippen LogP contribution < -0.4 is 14.2 Å². The van der Waals surface area contributed by atoms with Crippen molar-refractivity contribution in [3.63, 3.8) is 0 Å². The summed E-state index contributed by atoms with van der Waals surface area (Å²) in [6.45, 7) is 11.8. The third-order valence-corrected chi connectivity index (χ3v) is 9.45. The van der Waals surface area contributed by atoms with Crippen molar-refractivity contribution in [3.8, 4) is 29.1 Å². The average molecular weight is 788 g/mol. The SMILES string of the molecule is CC1(C)C(/C=C(\Cl)C(F)(F)F)C1C(=O)OC(C#N)c1cccc(Oc2ccccc2)c1.CCCCOCCOCCOCc1cc2c(cc1CCC)OCO2. The molecule has 3 atom stereocenters. The predicted molar refractivity (Wildman–Crippen MR) is 201 cm³/mol. The van der Waals surface area contributed by atoms with E-state index in [0.717, 1.165) is 49.9 Å². The number of benzene rings is 3. The Morgan fingerprint density at radius 1 is 0.909 bits per heavy atom. The van der Waals surface area contributed by atoms with Gasteiger partial charge in [-0.3, -0.25) is 4.79 Å². The zero-order valence-corrected chi connectivity index (χ0v) is 32.4. The highest BCUT2D eigenvalue weighted by molar-refractivity contribution is 6.30. The molecule has 0 spiro atoms. The lowest BCUT2D eigenvalue weighted by atomic mass is 10.0. The first-order chi connectivity index (χ1) is 26.4. The molecule has 1 aliphatic carbocycles. The molecule has 0 aromatic heterocycles. The van der Waals surface area contributed by atoms with Crippen molar-refractivity contribution in [2.75, 3.05) is 39.8 Å². The van der Waals surface area contributed by atoms with E-state index in [9.17, 15) is 23.2 Å². The van der Waals surface area contributed by atoms with Gasteiger partial charge >= 0.3 is 12.1 Å². The van der Waals surface area contributed by atoms with E-state index in [1.54, 1.807) is 50.2 Å². The van der Waals surface area contributed by atoms with Gasteiger partial charge in [0.25, 0.3) is 0 Å². The molecular formula is C42H49ClF3NO8. The maximum Gasteiger partial charge on any atom is 0.426 e. The van der Waals surface area contributed by atoms with Crippen molar-refractivity contribution in [1.29, 1.82) is 5.26 Å². The number of rotatable bonds is 19. The lowest BCUT2D eigenvalue weighted by Crippen LogP contribution is -2.14. The lowest BCUT2D eigenvalue weighted by molar-refractivity contribution is -0.149. The summed E-state index contributed by atoms with van der Waals surface area (Å²) in [6.07, 6.45) is -0.695. The zero-order chi connectivity index (χ0) is 39.8. The van der Waals surface area contributed by atoms with Crippen LogP contribution in [0.15, 0.2) is 77.8 Å². The second-order valence-electron chi connectivity index (χ2n) is 13.6. The number of para-hydroxylation sites is 1. The first-order valence-electron chi connectivity index (χ1n) is 18.4. The number of nitrogens with zero attached hydrogens (tertiary/aromatic N) is 1. The summed E-state index contributed by atoms with van der Waals surface area (Å²) in [5.74, 6) is 0.386. The molecule has 3 unspecified atom stereocenters. The number of halogens is 4. The van der Waals surface area contributed by atoms with Crippen molar-refractivity contribution >= 4 is 17.6 Å². The van der Waals surface area contributed by atoms with E-state index in [0.29, 0.717) is 56.9 Å². The fraction of sp³-hybridized carbons (Fsp3) is 0.476. The summed E-state index contributed by atoms with van der Waals surface area (Å²) in [4.78, 5) is 12.6. The van der Waals surface area contributed by atoms with Gasteiger partial charge in [0.05, 0.1) is 39.0 Å². The summed E-state index contributed by atoms with van der Waals surface area (Å²) in [7, 11) is 0. The number of carbonyl (C=O) groups is 1. The molecule has 0 saturated heterocycles. The minimum Gasteiger partial charge on any atom is -0.457 e. The highest BCUT2D eigenvalue weighted by atomic mass is 35.5. The van der Waals surface area contributed by atoms with Crippen molar-refractivity contribution in [2.45, 2.75) is 72.3 Å². The number of carbonyl (C=O) groups excluding carboxylic acids is 1. The minimum atomic E-state index is -4.68. The van der Waals surface area contributed by atoms with Gasteiger partial charge in [-0.25, -0.2) is 0 Å². The van der Waals surface area contributed by atoms with Crippen LogP contribution in [-0.2, 0) is 36.8 Å². The number of hydrogen-bond acceptors (Lipinski definition) is 9. The molecule has 0 bridgehead atoms. The van der Waals surface area contributed by atoms with Gasteiger partial charge in [-0.1, -0.05) is 88.5 Å². The predicted octanol–water partition coefficient (Wildman–Crippen LogP) is 10.3. The van der Waals surface area contributed by atoms with E-state index >= 15 is 0 Å². The van der Waals surface area contributed by atoms with E-state index in [2.05, 4.69) is 19.9 Å². The van der Waals surface area contributed by atoms with Crippen LogP contribution in [0.3, 0.4) is 0 Å². The van der Waals surface area contributed by atoms with E-state index in [1.165, 1.54) is 11.1 Å². The Hall–Kier alpha value is -4.28. The molecule has 0 N–H and O–H groups in total. The van der Waals surface area contributed by atoms with Gasteiger partial charge in [-0.15, -0.1) is 0 Å². The first-order valence-corrected chi connectivity index (χ1v) is 18.8. The summed E-state index contributed by atoms with van der Waals surface area (Å²) < 4.78 is 76.9. The van der Waals surface area contributed by atoms with E-state index < -0.39 is 40.5 Å². The second kappa shape index (κ2) is 21.1. The molecule has 0 amide bonds. The van der Waals surface area contributed by atoms with Gasteiger partial charge in [0.2, 0.25) is 12.9 Å². The number of esters is 1. The normalized spacial score (nSPS) is 17.4. The highest BCUT2D eigenvalue weighted by Crippen LogP contribution is 2.60. The average Bonchev–Trinajstić information content (AvgIpc) is 3.43. The summed E-state index contributed by atoms with van der Waals surface area (Å²) >= 11 is 5.32. The number of hydrogen-bond donors (Lipinski definition) is 0. The van der Waals surface area contributed by atoms with Gasteiger partial charge in [0, 0.05) is 12.2 Å². The molecule has 3 aromatic rings. The van der Waals surface area contributed by atoms with Crippen LogP contribution >= 0.6 is 11.6 Å². The van der Waals surface area contributed by atoms with Crippen molar-refractivity contribution in [3.05, 3.63) is 94.5 Å². The summed E-state index contributed by atoms with van der Waals surface area (Å²) in [5.41, 5.74) is 2.07. The Bertz CT molecular complexity index is 1740. The van der Waals surface area contributed by atoms with E-state index in [-0.39, 0.29) is 0 Å². The Kier molecular flexibility index (Phi) is 16.7. The molecule has 13 heteroatoms. The van der Waals surface area contributed by atoms with Crippen LogP contribution in [-0.4, -0.2) is 52.0 Å². The number of allylic oxidation sites excluding steroid dienone is 2. The Morgan fingerprint density at radius 3 is 2.18 bits per heavy atom. The molecule has 1 saturated carbocycles. The summed E-state index contributed by atoms with van der Waals surface area (Å²) in [6, 6.07) is 21.6.